The lowest BCUT2D eigenvalue weighted by molar-refractivity contribution is -0.171. The highest BCUT2D eigenvalue weighted by Crippen LogP contribution is 2.58. The van der Waals surface area contributed by atoms with Gasteiger partial charge in [-0.2, -0.15) is 5.06 Å². The van der Waals surface area contributed by atoms with Crippen molar-refractivity contribution in [3.8, 4) is 0 Å². The van der Waals surface area contributed by atoms with E-state index in [1.165, 1.54) is 11.1 Å². The number of carboxylic acids is 1. The first kappa shape index (κ1) is 14.3. The van der Waals surface area contributed by atoms with Gasteiger partial charge in [0.2, 0.25) is 5.76 Å². The zero-order valence-electron chi connectivity index (χ0n) is 10.9. The molecule has 0 radical (unpaired) electrons. The van der Waals surface area contributed by atoms with Gasteiger partial charge in [0.25, 0.3) is 0 Å². The summed E-state index contributed by atoms with van der Waals surface area (Å²) in [6, 6.07) is 0. The van der Waals surface area contributed by atoms with Crippen molar-refractivity contribution in [2.24, 2.45) is 5.92 Å². The lowest BCUT2D eigenvalue weighted by atomic mass is 10.0. The molecule has 4 atom stereocenters. The minimum Gasteiger partial charge on any atom is -0.475 e. The van der Waals surface area contributed by atoms with Crippen LogP contribution in [-0.2, 0) is 14.4 Å². The van der Waals surface area contributed by atoms with E-state index < -0.39 is 23.8 Å². The summed E-state index contributed by atoms with van der Waals surface area (Å²) < 4.78 is 5.49. The molecule has 1 heterocycles. The number of rotatable bonds is 6. The number of nitrogens with zero attached hydrogens (tertiary/aromatic N) is 1. The summed E-state index contributed by atoms with van der Waals surface area (Å²) in [6.07, 6.45) is 0.725. The molecule has 4 unspecified atom stereocenters. The molecule has 0 aromatic heterocycles. The number of hydrogen-bond acceptors (Lipinski definition) is 6. The fourth-order valence-corrected chi connectivity index (χ4v) is 2.70. The van der Waals surface area contributed by atoms with Gasteiger partial charge >= 0.3 is 5.97 Å². The lowest BCUT2D eigenvalue weighted by Gasteiger charge is -2.28. The van der Waals surface area contributed by atoms with Crippen molar-refractivity contribution < 1.29 is 29.7 Å². The molecule has 0 spiro atoms. The van der Waals surface area contributed by atoms with Crippen molar-refractivity contribution in [2.45, 2.75) is 30.7 Å². The third-order valence-corrected chi connectivity index (χ3v) is 3.58. The van der Waals surface area contributed by atoms with E-state index >= 15 is 0 Å². The normalized spacial score (nSPS) is 34.3. The lowest BCUT2D eigenvalue weighted by Crippen LogP contribution is -2.40. The number of hydrogen-bond donors (Lipinski definition) is 3. The van der Waals surface area contributed by atoms with Crippen LogP contribution in [0.5, 0.6) is 0 Å². The Kier molecular flexibility index (Phi) is 3.82. The van der Waals surface area contributed by atoms with Crippen LogP contribution < -0.4 is 0 Å². The molecule has 0 aromatic rings. The predicted octanol–water partition coefficient (Wildman–Crippen LogP) is -0.651. The van der Waals surface area contributed by atoms with E-state index in [0.717, 1.165) is 0 Å². The standard InChI is InChI=1S/C12H19NO6/c1-13(2)19-10-7-3-4-8(11(16)17)18-12(7,10)9(15)5-6-14/h4,7,9-10,14-15H,3,5-6H2,1-2H3,(H,16,17). The fourth-order valence-electron chi connectivity index (χ4n) is 2.70. The van der Waals surface area contributed by atoms with Crippen molar-refractivity contribution in [3.63, 3.8) is 0 Å². The average molecular weight is 273 g/mol. The van der Waals surface area contributed by atoms with Crippen LogP contribution in [0.4, 0.5) is 0 Å². The van der Waals surface area contributed by atoms with Gasteiger partial charge in [-0.1, -0.05) is 0 Å². The first-order valence-electron chi connectivity index (χ1n) is 6.19. The van der Waals surface area contributed by atoms with Gasteiger partial charge in [0, 0.05) is 33.0 Å². The minimum atomic E-state index is -1.16. The van der Waals surface area contributed by atoms with Crippen molar-refractivity contribution in [1.29, 1.82) is 0 Å². The van der Waals surface area contributed by atoms with Crippen molar-refractivity contribution in [3.05, 3.63) is 11.8 Å². The van der Waals surface area contributed by atoms with Crippen LogP contribution in [0.3, 0.4) is 0 Å². The van der Waals surface area contributed by atoms with Crippen LogP contribution in [0, 0.1) is 5.92 Å². The maximum absolute atomic E-state index is 11.0. The summed E-state index contributed by atoms with van der Waals surface area (Å²) in [7, 11) is 3.42. The zero-order valence-corrected chi connectivity index (χ0v) is 10.9. The largest absolute Gasteiger partial charge is 0.475 e. The van der Waals surface area contributed by atoms with Gasteiger partial charge in [0.15, 0.2) is 5.60 Å². The Morgan fingerprint density at radius 3 is 2.89 bits per heavy atom. The Morgan fingerprint density at radius 2 is 2.37 bits per heavy atom. The van der Waals surface area contributed by atoms with E-state index in [9.17, 15) is 9.90 Å². The monoisotopic (exact) mass is 273 g/mol. The van der Waals surface area contributed by atoms with E-state index in [1.54, 1.807) is 14.1 Å². The van der Waals surface area contributed by atoms with Gasteiger partial charge in [-0.3, -0.25) is 4.84 Å². The molecule has 108 valence electrons. The maximum Gasteiger partial charge on any atom is 0.370 e. The maximum atomic E-state index is 11.0. The Morgan fingerprint density at radius 1 is 1.68 bits per heavy atom. The Hall–Kier alpha value is -1.15. The summed E-state index contributed by atoms with van der Waals surface area (Å²) >= 11 is 0. The number of aliphatic hydroxyl groups is 2. The van der Waals surface area contributed by atoms with E-state index in [-0.39, 0.29) is 24.7 Å². The van der Waals surface area contributed by atoms with Crippen LogP contribution in [-0.4, -0.2) is 64.9 Å². The number of hydroxylamine groups is 2. The van der Waals surface area contributed by atoms with Crippen LogP contribution in [0.25, 0.3) is 0 Å². The van der Waals surface area contributed by atoms with Crippen LogP contribution in [0.1, 0.15) is 12.8 Å². The van der Waals surface area contributed by atoms with Crippen molar-refractivity contribution in [1.82, 2.24) is 5.06 Å². The molecular weight excluding hydrogens is 254 g/mol. The number of fused-ring (bicyclic) bond motifs is 1. The van der Waals surface area contributed by atoms with Gasteiger partial charge in [-0.25, -0.2) is 4.79 Å². The van der Waals surface area contributed by atoms with E-state index in [4.69, 9.17) is 19.8 Å². The molecule has 0 saturated heterocycles. The van der Waals surface area contributed by atoms with Gasteiger partial charge < -0.3 is 20.1 Å². The molecule has 3 N–H and O–H groups in total. The van der Waals surface area contributed by atoms with Crippen LogP contribution in [0.15, 0.2) is 11.8 Å². The van der Waals surface area contributed by atoms with Gasteiger partial charge in [0.05, 0.1) is 6.10 Å². The van der Waals surface area contributed by atoms with Crippen LogP contribution in [0.2, 0.25) is 0 Å². The van der Waals surface area contributed by atoms with Crippen LogP contribution >= 0.6 is 0 Å². The highest BCUT2D eigenvalue weighted by molar-refractivity contribution is 5.84. The van der Waals surface area contributed by atoms with Gasteiger partial charge in [-0.15, -0.1) is 0 Å². The zero-order chi connectivity index (χ0) is 14.2. The topological polar surface area (TPSA) is 99.5 Å². The summed E-state index contributed by atoms with van der Waals surface area (Å²) in [5, 5.41) is 29.6. The average Bonchev–Trinajstić information content (AvgIpc) is 2.97. The molecule has 7 heteroatoms. The van der Waals surface area contributed by atoms with Crippen molar-refractivity contribution >= 4 is 5.97 Å². The molecule has 0 bridgehead atoms. The number of ether oxygens (including phenoxy) is 1. The second kappa shape index (κ2) is 5.09. The second-order valence-electron chi connectivity index (χ2n) is 5.04. The SMILES string of the molecule is CN(C)OC1C2CC=C(C(=O)O)OC21C(O)CCO. The van der Waals surface area contributed by atoms with Gasteiger partial charge in [0.1, 0.15) is 6.10 Å². The molecule has 0 amide bonds. The number of aliphatic hydroxyl groups excluding tert-OH is 2. The summed E-state index contributed by atoms with van der Waals surface area (Å²) in [5.41, 5.74) is -1.06. The molecular formula is C12H19NO6. The third kappa shape index (κ3) is 2.34. The molecule has 1 fully saturated rings. The number of aliphatic carboxylic acids is 1. The number of allylic oxidation sites excluding steroid dienone is 1. The number of carboxylic acid groups (broad SMARTS) is 1. The minimum absolute atomic E-state index is 0.0976. The Balaban J connectivity index is 2.18. The highest BCUT2D eigenvalue weighted by Gasteiger charge is 2.74. The molecule has 19 heavy (non-hydrogen) atoms. The smallest absolute Gasteiger partial charge is 0.370 e. The Labute approximate surface area is 111 Å². The molecule has 1 aliphatic heterocycles. The molecule has 7 nitrogen and oxygen atoms in total. The molecule has 1 aliphatic carbocycles. The van der Waals surface area contributed by atoms with E-state index in [1.807, 2.05) is 0 Å². The fraction of sp³-hybridized carbons (Fsp3) is 0.750. The van der Waals surface area contributed by atoms with Crippen molar-refractivity contribution in [2.75, 3.05) is 20.7 Å². The quantitative estimate of drug-likeness (QED) is 0.553. The first-order chi connectivity index (χ1) is 8.93. The molecule has 2 aliphatic rings. The number of carbonyl (C=O) groups is 1. The molecule has 1 saturated carbocycles. The highest BCUT2D eigenvalue weighted by atomic mass is 16.7. The van der Waals surface area contributed by atoms with E-state index in [0.29, 0.717) is 6.42 Å². The summed E-state index contributed by atoms with van der Waals surface area (Å²) in [6.45, 7) is -0.195. The van der Waals surface area contributed by atoms with E-state index in [2.05, 4.69) is 0 Å². The molecule has 0 aromatic carbocycles. The predicted molar refractivity (Wildman–Crippen MR) is 63.9 cm³/mol. The summed E-state index contributed by atoms with van der Waals surface area (Å²) in [5.74, 6) is -1.43. The first-order valence-corrected chi connectivity index (χ1v) is 6.19. The van der Waals surface area contributed by atoms with Gasteiger partial charge in [-0.05, 0) is 12.5 Å². The second-order valence-corrected chi connectivity index (χ2v) is 5.04. The molecule has 2 rings (SSSR count). The Bertz CT molecular complexity index is 396. The third-order valence-electron chi connectivity index (χ3n) is 3.58. The summed E-state index contributed by atoms with van der Waals surface area (Å²) in [4.78, 5) is 16.5.